The lowest BCUT2D eigenvalue weighted by molar-refractivity contribution is 0.0534. The summed E-state index contributed by atoms with van der Waals surface area (Å²) >= 11 is 0. The number of anilines is 1. The van der Waals surface area contributed by atoms with E-state index in [4.69, 9.17) is 10.5 Å². The van der Waals surface area contributed by atoms with Gasteiger partial charge in [-0.05, 0) is 44.9 Å². The van der Waals surface area contributed by atoms with Crippen LogP contribution in [0.25, 0.3) is 6.08 Å². The van der Waals surface area contributed by atoms with E-state index in [0.29, 0.717) is 6.54 Å². The zero-order chi connectivity index (χ0) is 14.5. The number of rotatable bonds is 3. The van der Waals surface area contributed by atoms with Crippen LogP contribution in [0.3, 0.4) is 0 Å². The second kappa shape index (κ2) is 6.27. The van der Waals surface area contributed by atoms with Crippen molar-refractivity contribution in [1.82, 2.24) is 5.32 Å². The number of nitrogen functional groups attached to an aromatic ring is 1. The molecule has 0 atom stereocenters. The van der Waals surface area contributed by atoms with Crippen LogP contribution in [0.1, 0.15) is 31.9 Å². The number of aryl methyl sites for hydroxylation is 1. The van der Waals surface area contributed by atoms with Crippen molar-refractivity contribution in [3.8, 4) is 0 Å². The van der Waals surface area contributed by atoms with E-state index in [1.54, 1.807) is 0 Å². The van der Waals surface area contributed by atoms with E-state index in [2.05, 4.69) is 5.32 Å². The molecular weight excluding hydrogens is 240 g/mol. The summed E-state index contributed by atoms with van der Waals surface area (Å²) in [5, 5.41) is 2.65. The first kappa shape index (κ1) is 15.1. The van der Waals surface area contributed by atoms with E-state index in [0.717, 1.165) is 16.8 Å². The Labute approximate surface area is 114 Å². The van der Waals surface area contributed by atoms with Crippen LogP contribution in [0.15, 0.2) is 24.3 Å². The first-order valence-corrected chi connectivity index (χ1v) is 6.27. The number of carbonyl (C=O) groups is 1. The molecule has 0 radical (unpaired) electrons. The fourth-order valence-corrected chi connectivity index (χ4v) is 1.49. The average molecular weight is 262 g/mol. The molecule has 104 valence electrons. The lowest BCUT2D eigenvalue weighted by atomic mass is 10.1. The Morgan fingerprint density at radius 1 is 1.42 bits per heavy atom. The molecule has 4 nitrogen and oxygen atoms in total. The van der Waals surface area contributed by atoms with Crippen molar-refractivity contribution in [2.24, 2.45) is 0 Å². The lowest BCUT2D eigenvalue weighted by Gasteiger charge is -2.19. The molecule has 0 aliphatic heterocycles. The highest BCUT2D eigenvalue weighted by molar-refractivity contribution is 5.69. The van der Waals surface area contributed by atoms with Gasteiger partial charge in [-0.15, -0.1) is 0 Å². The molecule has 3 N–H and O–H groups in total. The van der Waals surface area contributed by atoms with Gasteiger partial charge in [0.2, 0.25) is 0 Å². The normalized spacial score (nSPS) is 11.6. The Balaban J connectivity index is 2.44. The van der Waals surface area contributed by atoms with Crippen LogP contribution < -0.4 is 11.1 Å². The standard InChI is InChI=1S/C15H22N2O2/c1-11-7-8-12(13(16)10-11)6-5-9-17-14(18)19-15(2,3)4/h5-8,10H,9,16H2,1-4H3,(H,17,18). The Morgan fingerprint density at radius 3 is 2.68 bits per heavy atom. The van der Waals surface area contributed by atoms with Gasteiger partial charge in [-0.1, -0.05) is 24.3 Å². The van der Waals surface area contributed by atoms with Crippen LogP contribution in [0, 0.1) is 6.92 Å². The molecule has 19 heavy (non-hydrogen) atoms. The minimum Gasteiger partial charge on any atom is -0.444 e. The maximum absolute atomic E-state index is 11.4. The summed E-state index contributed by atoms with van der Waals surface area (Å²) in [6, 6.07) is 5.87. The van der Waals surface area contributed by atoms with E-state index in [9.17, 15) is 4.79 Å². The monoisotopic (exact) mass is 262 g/mol. The lowest BCUT2D eigenvalue weighted by Crippen LogP contribution is -2.32. The summed E-state index contributed by atoms with van der Waals surface area (Å²) in [4.78, 5) is 11.4. The number of nitrogens with one attached hydrogen (secondary N) is 1. The summed E-state index contributed by atoms with van der Waals surface area (Å²) in [6.07, 6.45) is 3.30. The SMILES string of the molecule is Cc1ccc(C=CCNC(=O)OC(C)(C)C)c(N)c1. The largest absolute Gasteiger partial charge is 0.444 e. The predicted molar refractivity (Wildman–Crippen MR) is 78.9 cm³/mol. The van der Waals surface area contributed by atoms with E-state index < -0.39 is 11.7 Å². The van der Waals surface area contributed by atoms with Gasteiger partial charge >= 0.3 is 6.09 Å². The molecule has 0 spiro atoms. The van der Waals surface area contributed by atoms with Crippen molar-refractivity contribution in [3.05, 3.63) is 35.4 Å². The topological polar surface area (TPSA) is 64.3 Å². The van der Waals surface area contributed by atoms with Crippen LogP contribution in [0.2, 0.25) is 0 Å². The number of benzene rings is 1. The third-order valence-corrected chi connectivity index (χ3v) is 2.30. The van der Waals surface area contributed by atoms with Gasteiger partial charge in [-0.2, -0.15) is 0 Å². The number of ether oxygens (including phenoxy) is 1. The molecule has 4 heteroatoms. The number of carbonyl (C=O) groups excluding carboxylic acids is 1. The van der Waals surface area contributed by atoms with E-state index in [-0.39, 0.29) is 0 Å². The molecule has 0 saturated heterocycles. The first-order chi connectivity index (χ1) is 8.78. The molecular formula is C15H22N2O2. The number of alkyl carbamates (subject to hydrolysis) is 1. The summed E-state index contributed by atoms with van der Waals surface area (Å²) in [5.74, 6) is 0. The highest BCUT2D eigenvalue weighted by Crippen LogP contribution is 2.15. The molecule has 0 unspecified atom stereocenters. The van der Waals surface area contributed by atoms with Crippen molar-refractivity contribution in [1.29, 1.82) is 0 Å². The maximum atomic E-state index is 11.4. The summed E-state index contributed by atoms with van der Waals surface area (Å²) in [6.45, 7) is 7.89. The van der Waals surface area contributed by atoms with Gasteiger partial charge < -0.3 is 15.8 Å². The van der Waals surface area contributed by atoms with Crippen LogP contribution in [-0.4, -0.2) is 18.2 Å². The van der Waals surface area contributed by atoms with Gasteiger partial charge in [0.1, 0.15) is 5.60 Å². The van der Waals surface area contributed by atoms with Gasteiger partial charge in [0, 0.05) is 12.2 Å². The van der Waals surface area contributed by atoms with Gasteiger partial charge in [-0.25, -0.2) is 4.79 Å². The Bertz CT molecular complexity index is 474. The number of hydrogen-bond donors (Lipinski definition) is 2. The zero-order valence-electron chi connectivity index (χ0n) is 12.0. The molecule has 0 bridgehead atoms. The third-order valence-electron chi connectivity index (χ3n) is 2.30. The van der Waals surface area contributed by atoms with Gasteiger partial charge in [0.25, 0.3) is 0 Å². The highest BCUT2D eigenvalue weighted by Gasteiger charge is 2.14. The molecule has 0 fully saturated rings. The van der Waals surface area contributed by atoms with Crippen LogP contribution in [-0.2, 0) is 4.74 Å². The van der Waals surface area contributed by atoms with Crippen LogP contribution >= 0.6 is 0 Å². The maximum Gasteiger partial charge on any atom is 0.407 e. The first-order valence-electron chi connectivity index (χ1n) is 6.27. The van der Waals surface area contributed by atoms with Crippen molar-refractivity contribution in [3.63, 3.8) is 0 Å². The van der Waals surface area contributed by atoms with Crippen LogP contribution in [0.4, 0.5) is 10.5 Å². The fourth-order valence-electron chi connectivity index (χ4n) is 1.49. The molecule has 0 aromatic heterocycles. The minimum atomic E-state index is -0.477. The smallest absolute Gasteiger partial charge is 0.407 e. The van der Waals surface area contributed by atoms with Crippen molar-refractivity contribution in [2.75, 3.05) is 12.3 Å². The van der Waals surface area contributed by atoms with Crippen molar-refractivity contribution >= 4 is 17.9 Å². The van der Waals surface area contributed by atoms with Crippen molar-refractivity contribution in [2.45, 2.75) is 33.3 Å². The predicted octanol–water partition coefficient (Wildman–Crippen LogP) is 3.12. The third kappa shape index (κ3) is 5.95. The van der Waals surface area contributed by atoms with Crippen molar-refractivity contribution < 1.29 is 9.53 Å². The molecule has 1 aromatic rings. The van der Waals surface area contributed by atoms with Gasteiger partial charge in [-0.3, -0.25) is 0 Å². The number of hydrogen-bond acceptors (Lipinski definition) is 3. The van der Waals surface area contributed by atoms with Crippen LogP contribution in [0.5, 0.6) is 0 Å². The Hall–Kier alpha value is -1.97. The zero-order valence-corrected chi connectivity index (χ0v) is 12.0. The molecule has 0 saturated carbocycles. The number of amides is 1. The minimum absolute atomic E-state index is 0.405. The molecule has 0 heterocycles. The Kier molecular flexibility index (Phi) is 4.98. The molecule has 0 aliphatic carbocycles. The molecule has 1 aromatic carbocycles. The summed E-state index contributed by atoms with van der Waals surface area (Å²) < 4.78 is 5.12. The molecule has 1 amide bonds. The average Bonchev–Trinajstić information content (AvgIpc) is 2.24. The summed E-state index contributed by atoms with van der Waals surface area (Å²) in [7, 11) is 0. The van der Waals surface area contributed by atoms with E-state index in [1.165, 1.54) is 0 Å². The quantitative estimate of drug-likeness (QED) is 0.823. The number of nitrogens with two attached hydrogens (primary N) is 1. The second-order valence-corrected chi connectivity index (χ2v) is 5.42. The van der Waals surface area contributed by atoms with Gasteiger partial charge in [0.05, 0.1) is 0 Å². The highest BCUT2D eigenvalue weighted by atomic mass is 16.6. The Morgan fingerprint density at radius 2 is 2.11 bits per heavy atom. The second-order valence-electron chi connectivity index (χ2n) is 5.42. The molecule has 0 aliphatic rings. The van der Waals surface area contributed by atoms with Gasteiger partial charge in [0.15, 0.2) is 0 Å². The van der Waals surface area contributed by atoms with E-state index in [1.807, 2.05) is 58.0 Å². The molecule has 1 rings (SSSR count). The fraction of sp³-hybridized carbons (Fsp3) is 0.400. The summed E-state index contributed by atoms with van der Waals surface area (Å²) in [5.41, 5.74) is 8.20. The van der Waals surface area contributed by atoms with E-state index >= 15 is 0 Å².